The van der Waals surface area contributed by atoms with Crippen LogP contribution in [0.2, 0.25) is 0 Å². The van der Waals surface area contributed by atoms with Gasteiger partial charge in [-0.2, -0.15) is 5.26 Å². The van der Waals surface area contributed by atoms with E-state index in [9.17, 15) is 4.79 Å². The lowest BCUT2D eigenvalue weighted by molar-refractivity contribution is -0.138. The summed E-state index contributed by atoms with van der Waals surface area (Å²) in [5.41, 5.74) is 0.200. The quantitative estimate of drug-likeness (QED) is 0.795. The van der Waals surface area contributed by atoms with Gasteiger partial charge in [0, 0.05) is 0 Å². The van der Waals surface area contributed by atoms with Crippen molar-refractivity contribution in [3.8, 4) is 6.07 Å². The molecule has 6 nitrogen and oxygen atoms in total. The maximum Gasteiger partial charge on any atom is 0.326 e. The summed E-state index contributed by atoms with van der Waals surface area (Å²) >= 11 is 0. The smallest absolute Gasteiger partial charge is 0.326 e. The van der Waals surface area contributed by atoms with Crippen LogP contribution in [-0.2, 0) is 4.79 Å². The molecule has 17 heavy (non-hydrogen) atoms. The van der Waals surface area contributed by atoms with Crippen LogP contribution in [-0.4, -0.2) is 27.1 Å². The number of carboxylic acids is 1. The van der Waals surface area contributed by atoms with E-state index >= 15 is 0 Å². The highest BCUT2D eigenvalue weighted by Gasteiger charge is 2.18. The number of anilines is 1. The average Bonchev–Trinajstić information content (AvgIpc) is 2.28. The first kappa shape index (κ1) is 12.9. The van der Waals surface area contributed by atoms with Gasteiger partial charge in [-0.1, -0.05) is 13.8 Å². The minimum Gasteiger partial charge on any atom is -0.480 e. The van der Waals surface area contributed by atoms with Gasteiger partial charge >= 0.3 is 5.97 Å². The second kappa shape index (κ2) is 5.80. The number of rotatable bonds is 5. The van der Waals surface area contributed by atoms with Gasteiger partial charge in [-0.3, -0.25) is 0 Å². The first-order valence-corrected chi connectivity index (χ1v) is 5.24. The number of aliphatic carboxylic acids is 1. The van der Waals surface area contributed by atoms with Crippen LogP contribution in [0.1, 0.15) is 26.0 Å². The van der Waals surface area contributed by atoms with E-state index in [-0.39, 0.29) is 11.6 Å². The lowest BCUT2D eigenvalue weighted by atomic mass is 10.0. The molecule has 0 radical (unpaired) electrons. The largest absolute Gasteiger partial charge is 0.480 e. The van der Waals surface area contributed by atoms with Crippen molar-refractivity contribution in [1.82, 2.24) is 9.97 Å². The molecule has 0 unspecified atom stereocenters. The van der Waals surface area contributed by atoms with Gasteiger partial charge in [-0.15, -0.1) is 0 Å². The molecule has 90 valence electrons. The minimum atomic E-state index is -0.926. The Hall–Kier alpha value is -2.16. The van der Waals surface area contributed by atoms with E-state index in [0.29, 0.717) is 12.2 Å². The van der Waals surface area contributed by atoms with Crippen molar-refractivity contribution in [2.75, 3.05) is 5.32 Å². The molecule has 1 aromatic heterocycles. The Morgan fingerprint density at radius 3 is 2.65 bits per heavy atom. The van der Waals surface area contributed by atoms with Crippen LogP contribution in [0.4, 0.5) is 5.82 Å². The summed E-state index contributed by atoms with van der Waals surface area (Å²) in [6.07, 6.45) is 3.16. The normalized spacial score (nSPS) is 11.9. The van der Waals surface area contributed by atoms with Gasteiger partial charge < -0.3 is 10.4 Å². The molecule has 0 spiro atoms. The van der Waals surface area contributed by atoms with E-state index < -0.39 is 12.0 Å². The molecule has 0 saturated heterocycles. The molecule has 0 aliphatic carbocycles. The van der Waals surface area contributed by atoms with Crippen molar-refractivity contribution in [2.24, 2.45) is 5.92 Å². The van der Waals surface area contributed by atoms with Crippen LogP contribution in [0.15, 0.2) is 12.4 Å². The third-order valence-corrected chi connectivity index (χ3v) is 2.09. The van der Waals surface area contributed by atoms with Gasteiger partial charge in [-0.25, -0.2) is 14.8 Å². The summed E-state index contributed by atoms with van der Waals surface area (Å²) in [6, 6.07) is 1.15. The maximum atomic E-state index is 11.0. The van der Waals surface area contributed by atoms with Gasteiger partial charge in [0.2, 0.25) is 0 Å². The van der Waals surface area contributed by atoms with Gasteiger partial charge in [0.25, 0.3) is 0 Å². The fourth-order valence-corrected chi connectivity index (χ4v) is 1.33. The molecule has 0 fully saturated rings. The Kier molecular flexibility index (Phi) is 4.40. The molecule has 0 aromatic carbocycles. The third-order valence-electron chi connectivity index (χ3n) is 2.09. The Morgan fingerprint density at radius 1 is 1.53 bits per heavy atom. The van der Waals surface area contributed by atoms with Crippen LogP contribution >= 0.6 is 0 Å². The summed E-state index contributed by atoms with van der Waals surface area (Å²) < 4.78 is 0. The second-order valence-electron chi connectivity index (χ2n) is 4.06. The summed E-state index contributed by atoms with van der Waals surface area (Å²) in [6.45, 7) is 3.89. The highest BCUT2D eigenvalue weighted by Crippen LogP contribution is 2.10. The van der Waals surface area contributed by atoms with Gasteiger partial charge in [0.15, 0.2) is 5.69 Å². The zero-order chi connectivity index (χ0) is 12.8. The van der Waals surface area contributed by atoms with E-state index in [2.05, 4.69) is 15.3 Å². The molecule has 1 rings (SSSR count). The highest BCUT2D eigenvalue weighted by atomic mass is 16.4. The summed E-state index contributed by atoms with van der Waals surface area (Å²) in [5, 5.41) is 20.4. The first-order chi connectivity index (χ1) is 8.02. The molecule has 2 N–H and O–H groups in total. The lowest BCUT2D eigenvalue weighted by Crippen LogP contribution is -2.31. The molecule has 0 saturated carbocycles. The molecular weight excluding hydrogens is 220 g/mol. The van der Waals surface area contributed by atoms with Crippen molar-refractivity contribution in [3.63, 3.8) is 0 Å². The van der Waals surface area contributed by atoms with E-state index in [1.165, 1.54) is 12.4 Å². The number of hydrogen-bond acceptors (Lipinski definition) is 5. The van der Waals surface area contributed by atoms with Crippen molar-refractivity contribution < 1.29 is 9.90 Å². The number of nitriles is 1. The second-order valence-corrected chi connectivity index (χ2v) is 4.06. The summed E-state index contributed by atoms with van der Waals surface area (Å²) in [7, 11) is 0. The molecule has 0 aliphatic heterocycles. The third kappa shape index (κ3) is 4.07. The van der Waals surface area contributed by atoms with Gasteiger partial charge in [0.1, 0.15) is 17.9 Å². The van der Waals surface area contributed by atoms with Crippen LogP contribution in [0.25, 0.3) is 0 Å². The number of carboxylic acid groups (broad SMARTS) is 1. The molecule has 0 amide bonds. The number of nitrogens with zero attached hydrogens (tertiary/aromatic N) is 3. The Labute approximate surface area is 99.3 Å². The Bertz CT molecular complexity index is 422. The SMILES string of the molecule is CC(C)C[C@H](Nc1cnc(C#N)cn1)C(=O)O. The lowest BCUT2D eigenvalue weighted by Gasteiger charge is -2.16. The standard InChI is InChI=1S/C11H14N4O2/c1-7(2)3-9(11(16)17)15-10-6-13-8(4-12)5-14-10/h5-7,9H,3H2,1-2H3,(H,14,15)(H,16,17)/t9-/m0/s1. The Morgan fingerprint density at radius 2 is 2.24 bits per heavy atom. The number of hydrogen-bond donors (Lipinski definition) is 2. The van der Waals surface area contributed by atoms with E-state index in [1.807, 2.05) is 19.9 Å². The number of nitrogens with one attached hydrogen (secondary N) is 1. The summed E-state index contributed by atoms with van der Waals surface area (Å²) in [4.78, 5) is 18.7. The van der Waals surface area contributed by atoms with Crippen molar-refractivity contribution in [3.05, 3.63) is 18.1 Å². The zero-order valence-corrected chi connectivity index (χ0v) is 9.71. The van der Waals surface area contributed by atoms with Crippen molar-refractivity contribution in [1.29, 1.82) is 5.26 Å². The van der Waals surface area contributed by atoms with Crippen molar-refractivity contribution in [2.45, 2.75) is 26.3 Å². The molecule has 1 heterocycles. The fraction of sp³-hybridized carbons (Fsp3) is 0.455. The van der Waals surface area contributed by atoms with E-state index in [1.54, 1.807) is 0 Å². The zero-order valence-electron chi connectivity index (χ0n) is 9.71. The summed E-state index contributed by atoms with van der Waals surface area (Å²) in [5.74, 6) is -0.308. The van der Waals surface area contributed by atoms with Crippen LogP contribution in [0.3, 0.4) is 0 Å². The van der Waals surface area contributed by atoms with Crippen molar-refractivity contribution >= 4 is 11.8 Å². The van der Waals surface area contributed by atoms with Gasteiger partial charge in [0.05, 0.1) is 12.4 Å². The minimum absolute atomic E-state index is 0.200. The predicted molar refractivity (Wildman–Crippen MR) is 61.2 cm³/mol. The molecule has 0 bridgehead atoms. The topological polar surface area (TPSA) is 98.9 Å². The molecular formula is C11H14N4O2. The van der Waals surface area contributed by atoms with Crippen LogP contribution in [0.5, 0.6) is 0 Å². The average molecular weight is 234 g/mol. The van der Waals surface area contributed by atoms with E-state index in [4.69, 9.17) is 10.4 Å². The highest BCUT2D eigenvalue weighted by molar-refractivity contribution is 5.76. The molecule has 6 heteroatoms. The molecule has 1 aromatic rings. The molecule has 1 atom stereocenters. The number of aromatic nitrogens is 2. The van der Waals surface area contributed by atoms with E-state index in [0.717, 1.165) is 0 Å². The Balaban J connectivity index is 2.72. The van der Waals surface area contributed by atoms with Crippen LogP contribution < -0.4 is 5.32 Å². The predicted octanol–water partition coefficient (Wildman–Crippen LogP) is 1.26. The fourth-order valence-electron chi connectivity index (χ4n) is 1.33. The maximum absolute atomic E-state index is 11.0. The van der Waals surface area contributed by atoms with Gasteiger partial charge in [-0.05, 0) is 12.3 Å². The number of carbonyl (C=O) groups is 1. The van der Waals surface area contributed by atoms with Crippen LogP contribution in [0, 0.1) is 17.2 Å². The first-order valence-electron chi connectivity index (χ1n) is 5.24. The monoisotopic (exact) mass is 234 g/mol. The molecule has 0 aliphatic rings.